The zero-order valence-corrected chi connectivity index (χ0v) is 12.0. The van der Waals surface area contributed by atoms with E-state index in [-0.39, 0.29) is 0 Å². The van der Waals surface area contributed by atoms with Crippen LogP contribution in [0.1, 0.15) is 6.92 Å². The van der Waals surface area contributed by atoms with E-state index in [0.717, 1.165) is 31.3 Å². The Morgan fingerprint density at radius 1 is 1.21 bits per heavy atom. The molecule has 0 atom stereocenters. The molecular formula is C16H16N2S. The van der Waals surface area contributed by atoms with E-state index >= 15 is 0 Å². The second-order valence-corrected chi connectivity index (χ2v) is 5.06. The van der Waals surface area contributed by atoms with Gasteiger partial charge >= 0.3 is 0 Å². The molecule has 2 aromatic rings. The monoisotopic (exact) mass is 268 g/mol. The maximum atomic E-state index is 4.23. The highest BCUT2D eigenvalue weighted by molar-refractivity contribution is 8.14. The highest BCUT2D eigenvalue weighted by Gasteiger charge is 2.05. The van der Waals surface area contributed by atoms with Gasteiger partial charge < -0.3 is 0 Å². The maximum Gasteiger partial charge on any atom is 0.187 e. The summed E-state index contributed by atoms with van der Waals surface area (Å²) in [6.45, 7) is 10.2. The number of nitrogens with zero attached hydrogens (tertiary/aromatic N) is 2. The molecule has 0 aliphatic carbocycles. The summed E-state index contributed by atoms with van der Waals surface area (Å²) in [7, 11) is 1.74. The Kier molecular flexibility index (Phi) is 4.17. The summed E-state index contributed by atoms with van der Waals surface area (Å²) in [4.78, 5) is 9.44. The van der Waals surface area contributed by atoms with Crippen molar-refractivity contribution in [3.8, 4) is 0 Å². The van der Waals surface area contributed by atoms with Gasteiger partial charge in [0.2, 0.25) is 0 Å². The van der Waals surface area contributed by atoms with Crippen molar-refractivity contribution in [1.29, 1.82) is 0 Å². The van der Waals surface area contributed by atoms with Crippen molar-refractivity contribution >= 4 is 47.1 Å². The summed E-state index contributed by atoms with van der Waals surface area (Å²) in [5, 5.41) is 5.00. The van der Waals surface area contributed by atoms with Crippen molar-refractivity contribution in [2.75, 3.05) is 7.05 Å². The molecule has 0 radical (unpaired) electrons. The predicted molar refractivity (Wildman–Crippen MR) is 87.6 cm³/mol. The molecule has 0 aliphatic rings. The lowest BCUT2D eigenvalue weighted by Gasteiger charge is -2.06. The first-order valence-electron chi connectivity index (χ1n) is 6.00. The molecule has 19 heavy (non-hydrogen) atoms. The molecule has 2 aromatic carbocycles. The van der Waals surface area contributed by atoms with Crippen LogP contribution in [0.15, 0.2) is 45.2 Å². The van der Waals surface area contributed by atoms with Gasteiger partial charge in [0, 0.05) is 18.2 Å². The largest absolute Gasteiger partial charge is 0.264 e. The lowest BCUT2D eigenvalue weighted by molar-refractivity contribution is 1.40. The summed E-state index contributed by atoms with van der Waals surface area (Å²) >= 11 is 1.52. The van der Waals surface area contributed by atoms with E-state index in [1.165, 1.54) is 11.8 Å². The van der Waals surface area contributed by atoms with Crippen LogP contribution in [-0.4, -0.2) is 18.4 Å². The molecule has 0 amide bonds. The fourth-order valence-electron chi connectivity index (χ4n) is 1.91. The molecule has 0 saturated heterocycles. The Balaban J connectivity index is 2.60. The van der Waals surface area contributed by atoms with Crippen LogP contribution >= 0.6 is 11.8 Å². The number of aliphatic imine (C=N–C) groups is 2. The molecule has 2 rings (SSSR count). The average molecular weight is 268 g/mol. The van der Waals surface area contributed by atoms with Crippen LogP contribution in [0.4, 0.5) is 0 Å². The van der Waals surface area contributed by atoms with Gasteiger partial charge in [0.1, 0.15) is 0 Å². The van der Waals surface area contributed by atoms with Crippen LogP contribution < -0.4 is 10.4 Å². The number of amidine groups is 1. The fourth-order valence-corrected chi connectivity index (χ4v) is 2.79. The van der Waals surface area contributed by atoms with Crippen LogP contribution in [0.2, 0.25) is 0 Å². The zero-order valence-electron chi connectivity index (χ0n) is 11.2. The Hall–Kier alpha value is -1.87. The van der Waals surface area contributed by atoms with Crippen molar-refractivity contribution in [1.82, 2.24) is 0 Å². The molecule has 0 unspecified atom stereocenters. The van der Waals surface area contributed by atoms with Crippen LogP contribution in [0.25, 0.3) is 23.9 Å². The third kappa shape index (κ3) is 2.76. The van der Waals surface area contributed by atoms with Gasteiger partial charge in [-0.25, -0.2) is 4.99 Å². The van der Waals surface area contributed by atoms with E-state index in [1.54, 1.807) is 13.3 Å². The van der Waals surface area contributed by atoms with E-state index < -0.39 is 0 Å². The van der Waals surface area contributed by atoms with E-state index in [1.807, 2.05) is 25.1 Å². The minimum Gasteiger partial charge on any atom is -0.264 e. The van der Waals surface area contributed by atoms with E-state index in [4.69, 9.17) is 0 Å². The SMILES string of the molecule is C=c1cc(SC(/N=C\C)=N/C)c(=C)c2ccccc12. The van der Waals surface area contributed by atoms with Crippen molar-refractivity contribution in [2.45, 2.75) is 11.8 Å². The van der Waals surface area contributed by atoms with Crippen LogP contribution in [0.5, 0.6) is 0 Å². The van der Waals surface area contributed by atoms with Gasteiger partial charge in [-0.05, 0) is 46.0 Å². The molecule has 0 heterocycles. The molecule has 2 nitrogen and oxygen atoms in total. The molecular weight excluding hydrogens is 252 g/mol. The highest BCUT2D eigenvalue weighted by atomic mass is 32.2. The fraction of sp³-hybridized carbons (Fsp3) is 0.125. The first kappa shape index (κ1) is 13.6. The Morgan fingerprint density at radius 3 is 2.53 bits per heavy atom. The highest BCUT2D eigenvalue weighted by Crippen LogP contribution is 2.17. The minimum atomic E-state index is 0.724. The van der Waals surface area contributed by atoms with Gasteiger partial charge in [-0.2, -0.15) is 0 Å². The van der Waals surface area contributed by atoms with E-state index in [2.05, 4.69) is 35.3 Å². The molecule has 0 aliphatic heterocycles. The third-order valence-electron chi connectivity index (χ3n) is 2.83. The van der Waals surface area contributed by atoms with Gasteiger partial charge in [-0.15, -0.1) is 0 Å². The smallest absolute Gasteiger partial charge is 0.187 e. The number of thioether (sulfide) groups is 1. The molecule has 0 fully saturated rings. The number of rotatable bonds is 1. The Bertz CT molecular complexity index is 760. The van der Waals surface area contributed by atoms with Crippen LogP contribution in [0.3, 0.4) is 0 Å². The van der Waals surface area contributed by atoms with Gasteiger partial charge in [0.05, 0.1) is 0 Å². The standard InChI is InChI=1S/C16H16N2S/c1-5-18-16(17-4)19-15-10-11(2)13-8-6-7-9-14(13)12(15)3/h5-10H,2-3H2,1,4H3/b17-16+,18-5-. The second-order valence-electron chi connectivity index (χ2n) is 4.05. The van der Waals surface area contributed by atoms with Crippen molar-refractivity contribution in [3.05, 3.63) is 40.8 Å². The normalized spacial score (nSPS) is 12.4. The molecule has 0 bridgehead atoms. The molecule has 0 spiro atoms. The summed E-state index contributed by atoms with van der Waals surface area (Å²) in [5.74, 6) is 0. The lowest BCUT2D eigenvalue weighted by atomic mass is 10.1. The Morgan fingerprint density at radius 2 is 1.89 bits per heavy atom. The summed E-state index contributed by atoms with van der Waals surface area (Å²) in [6, 6.07) is 10.2. The number of hydrogen-bond donors (Lipinski definition) is 0. The first-order chi connectivity index (χ1) is 9.17. The van der Waals surface area contributed by atoms with Gasteiger partial charge in [0.15, 0.2) is 5.17 Å². The Labute approximate surface area is 117 Å². The summed E-state index contributed by atoms with van der Waals surface area (Å²) in [5.41, 5.74) is 0. The topological polar surface area (TPSA) is 24.7 Å². The molecule has 3 heteroatoms. The average Bonchev–Trinajstić information content (AvgIpc) is 2.44. The second kappa shape index (κ2) is 5.85. The first-order valence-corrected chi connectivity index (χ1v) is 6.82. The van der Waals surface area contributed by atoms with Gasteiger partial charge in [0.25, 0.3) is 0 Å². The van der Waals surface area contributed by atoms with Gasteiger partial charge in [-0.1, -0.05) is 37.4 Å². The molecule has 0 N–H and O–H groups in total. The van der Waals surface area contributed by atoms with Crippen LogP contribution in [-0.2, 0) is 0 Å². The quantitative estimate of drug-likeness (QED) is 0.443. The minimum absolute atomic E-state index is 0.724. The lowest BCUT2D eigenvalue weighted by Crippen LogP contribution is -2.13. The number of benzene rings is 2. The summed E-state index contributed by atoms with van der Waals surface area (Å²) < 4.78 is 0. The summed E-state index contributed by atoms with van der Waals surface area (Å²) in [6.07, 6.45) is 1.74. The number of fused-ring (bicyclic) bond motifs is 1. The molecule has 0 saturated carbocycles. The van der Waals surface area contributed by atoms with E-state index in [9.17, 15) is 0 Å². The van der Waals surface area contributed by atoms with Crippen molar-refractivity contribution < 1.29 is 0 Å². The van der Waals surface area contributed by atoms with Crippen LogP contribution in [0, 0.1) is 0 Å². The molecule has 0 aromatic heterocycles. The zero-order chi connectivity index (χ0) is 13.8. The predicted octanol–water partition coefficient (Wildman–Crippen LogP) is 2.83. The molecule has 96 valence electrons. The van der Waals surface area contributed by atoms with Crippen molar-refractivity contribution in [3.63, 3.8) is 0 Å². The van der Waals surface area contributed by atoms with Crippen molar-refractivity contribution in [2.24, 2.45) is 9.98 Å². The number of hydrogen-bond acceptors (Lipinski definition) is 2. The van der Waals surface area contributed by atoms with Gasteiger partial charge in [-0.3, -0.25) is 4.99 Å². The maximum absolute atomic E-state index is 4.23. The third-order valence-corrected chi connectivity index (χ3v) is 3.89. The van der Waals surface area contributed by atoms with E-state index in [0.29, 0.717) is 0 Å².